The molecule has 0 bridgehead atoms. The van der Waals surface area contributed by atoms with Gasteiger partial charge in [-0.25, -0.2) is 0 Å². The van der Waals surface area contributed by atoms with Crippen LogP contribution in [0.3, 0.4) is 0 Å². The van der Waals surface area contributed by atoms with Crippen LogP contribution in [0.1, 0.15) is 44.9 Å². The van der Waals surface area contributed by atoms with E-state index >= 15 is 0 Å². The van der Waals surface area contributed by atoms with E-state index in [2.05, 4.69) is 10.1 Å². The topological polar surface area (TPSA) is 35.8 Å². The third-order valence-corrected chi connectivity index (χ3v) is 3.56. The second-order valence-electron chi connectivity index (χ2n) is 4.53. The fourth-order valence-electron chi connectivity index (χ4n) is 2.68. The second-order valence-corrected chi connectivity index (χ2v) is 4.53. The zero-order chi connectivity index (χ0) is 9.80. The minimum atomic E-state index is 0.761. The molecule has 1 heterocycles. The van der Waals surface area contributed by atoms with Crippen LogP contribution in [0.15, 0.2) is 5.16 Å². The number of oxime groups is 1. The van der Waals surface area contributed by atoms with Crippen LogP contribution in [0.25, 0.3) is 0 Å². The lowest BCUT2D eigenvalue weighted by molar-refractivity contribution is 0.227. The molecule has 0 radical (unpaired) electrons. The van der Waals surface area contributed by atoms with Gasteiger partial charge in [-0.2, -0.15) is 0 Å². The highest BCUT2D eigenvalue weighted by Crippen LogP contribution is 2.24. The van der Waals surface area contributed by atoms with Gasteiger partial charge in [-0.05, 0) is 12.8 Å². The zero-order valence-corrected chi connectivity index (χ0v) is 8.78. The summed E-state index contributed by atoms with van der Waals surface area (Å²) in [4.78, 5) is 2.50. The molecule has 3 nitrogen and oxygen atoms in total. The van der Waals surface area contributed by atoms with Crippen molar-refractivity contribution >= 4 is 5.71 Å². The van der Waals surface area contributed by atoms with Gasteiger partial charge in [0.2, 0.25) is 0 Å². The lowest BCUT2D eigenvalue weighted by atomic mass is 10.1. The summed E-state index contributed by atoms with van der Waals surface area (Å²) in [5, 5.41) is 12.0. The van der Waals surface area contributed by atoms with Crippen LogP contribution in [0, 0.1) is 0 Å². The van der Waals surface area contributed by atoms with Crippen LogP contribution in [0.5, 0.6) is 0 Å². The number of likely N-dealkylation sites (tertiary alicyclic amines) is 1. The van der Waals surface area contributed by atoms with Gasteiger partial charge in [0.25, 0.3) is 0 Å². The van der Waals surface area contributed by atoms with Crippen LogP contribution in [0.2, 0.25) is 0 Å². The molecule has 2 fully saturated rings. The molecule has 0 aromatic heterocycles. The molecule has 0 spiro atoms. The molecule has 0 unspecified atom stereocenters. The molecular weight excluding hydrogens is 176 g/mol. The van der Waals surface area contributed by atoms with Crippen molar-refractivity contribution in [3.8, 4) is 0 Å². The van der Waals surface area contributed by atoms with Crippen LogP contribution in [-0.4, -0.2) is 35.0 Å². The molecule has 1 saturated carbocycles. The third-order valence-electron chi connectivity index (χ3n) is 3.56. The van der Waals surface area contributed by atoms with Crippen molar-refractivity contribution in [2.24, 2.45) is 5.16 Å². The first kappa shape index (κ1) is 9.97. The Balaban J connectivity index is 1.88. The summed E-state index contributed by atoms with van der Waals surface area (Å²) in [6.45, 7) is 2.01. The summed E-state index contributed by atoms with van der Waals surface area (Å²) >= 11 is 0. The molecule has 80 valence electrons. The van der Waals surface area contributed by atoms with Crippen molar-refractivity contribution in [1.29, 1.82) is 0 Å². The lowest BCUT2D eigenvalue weighted by Gasteiger charge is -2.25. The maximum atomic E-state index is 8.70. The van der Waals surface area contributed by atoms with Gasteiger partial charge in [-0.1, -0.05) is 30.8 Å². The highest BCUT2D eigenvalue weighted by molar-refractivity contribution is 5.87. The fraction of sp³-hybridized carbons (Fsp3) is 0.909. The second kappa shape index (κ2) is 4.78. The molecule has 2 rings (SSSR count). The van der Waals surface area contributed by atoms with E-state index in [1.807, 2.05) is 0 Å². The summed E-state index contributed by atoms with van der Waals surface area (Å²) < 4.78 is 0. The van der Waals surface area contributed by atoms with E-state index in [1.54, 1.807) is 0 Å². The van der Waals surface area contributed by atoms with Gasteiger partial charge in [0.1, 0.15) is 0 Å². The molecular formula is C11H20N2O. The highest BCUT2D eigenvalue weighted by atomic mass is 16.4. The number of hydrogen-bond acceptors (Lipinski definition) is 3. The normalized spacial score (nSPS) is 29.6. The first-order valence-corrected chi connectivity index (χ1v) is 5.84. The minimum Gasteiger partial charge on any atom is -0.411 e. The largest absolute Gasteiger partial charge is 0.411 e. The molecule has 1 aliphatic carbocycles. The average Bonchev–Trinajstić information content (AvgIpc) is 2.53. The third kappa shape index (κ3) is 2.27. The van der Waals surface area contributed by atoms with E-state index in [9.17, 15) is 0 Å². The first-order valence-electron chi connectivity index (χ1n) is 5.84. The number of nitrogens with zero attached hydrogens (tertiary/aromatic N) is 2. The highest BCUT2D eigenvalue weighted by Gasteiger charge is 2.25. The maximum Gasteiger partial charge on any atom is 0.0723 e. The van der Waals surface area contributed by atoms with Gasteiger partial charge in [0.15, 0.2) is 0 Å². The van der Waals surface area contributed by atoms with E-state index in [-0.39, 0.29) is 0 Å². The summed E-state index contributed by atoms with van der Waals surface area (Å²) in [5.74, 6) is 0. The number of hydrogen-bond donors (Lipinski definition) is 1. The summed E-state index contributed by atoms with van der Waals surface area (Å²) in [6.07, 6.45) is 9.24. The van der Waals surface area contributed by atoms with Crippen LogP contribution in [0.4, 0.5) is 0 Å². The number of rotatable bonds is 1. The Morgan fingerprint density at radius 2 is 1.86 bits per heavy atom. The average molecular weight is 196 g/mol. The molecule has 1 N–H and O–H groups in total. The predicted molar refractivity (Wildman–Crippen MR) is 56.9 cm³/mol. The Morgan fingerprint density at radius 1 is 1.14 bits per heavy atom. The van der Waals surface area contributed by atoms with Gasteiger partial charge in [-0.3, -0.25) is 4.90 Å². The van der Waals surface area contributed by atoms with Crippen molar-refractivity contribution in [2.45, 2.75) is 51.0 Å². The predicted octanol–water partition coefficient (Wildman–Crippen LogP) is 2.25. The Kier molecular flexibility index (Phi) is 3.40. The van der Waals surface area contributed by atoms with Crippen LogP contribution >= 0.6 is 0 Å². The maximum absolute atomic E-state index is 8.70. The smallest absolute Gasteiger partial charge is 0.0723 e. The molecule has 0 amide bonds. The molecule has 1 saturated heterocycles. The lowest BCUT2D eigenvalue weighted by Crippen LogP contribution is -2.32. The summed E-state index contributed by atoms with van der Waals surface area (Å²) in [5.41, 5.74) is 0.967. The Hall–Kier alpha value is -0.570. The minimum absolute atomic E-state index is 0.761. The standard InChI is InChI=1S/C11H20N2O/c14-12-10-7-8-13(9-10)11-5-3-1-2-4-6-11/h11,14H,1-9H2/b12-10+. The van der Waals surface area contributed by atoms with Crippen molar-refractivity contribution in [3.63, 3.8) is 0 Å². The van der Waals surface area contributed by atoms with Crippen molar-refractivity contribution < 1.29 is 5.21 Å². The molecule has 0 aromatic carbocycles. The summed E-state index contributed by atoms with van der Waals surface area (Å²) in [7, 11) is 0. The van der Waals surface area contributed by atoms with Gasteiger partial charge in [0, 0.05) is 25.6 Å². The van der Waals surface area contributed by atoms with E-state index in [4.69, 9.17) is 5.21 Å². The quantitative estimate of drug-likeness (QED) is 0.396. The van der Waals surface area contributed by atoms with Crippen LogP contribution < -0.4 is 0 Å². The van der Waals surface area contributed by atoms with Gasteiger partial charge >= 0.3 is 0 Å². The Morgan fingerprint density at radius 3 is 2.43 bits per heavy atom. The van der Waals surface area contributed by atoms with Crippen molar-refractivity contribution in [1.82, 2.24) is 4.90 Å². The molecule has 2 aliphatic rings. The summed E-state index contributed by atoms with van der Waals surface area (Å²) in [6, 6.07) is 0.761. The molecule has 14 heavy (non-hydrogen) atoms. The van der Waals surface area contributed by atoms with E-state index < -0.39 is 0 Å². The van der Waals surface area contributed by atoms with Gasteiger partial charge < -0.3 is 5.21 Å². The Labute approximate surface area is 85.8 Å². The molecule has 3 heteroatoms. The molecule has 0 atom stereocenters. The van der Waals surface area contributed by atoms with Crippen LogP contribution in [-0.2, 0) is 0 Å². The van der Waals surface area contributed by atoms with Crippen molar-refractivity contribution in [2.75, 3.05) is 13.1 Å². The van der Waals surface area contributed by atoms with E-state index in [0.717, 1.165) is 31.3 Å². The fourth-order valence-corrected chi connectivity index (χ4v) is 2.68. The van der Waals surface area contributed by atoms with E-state index in [0.29, 0.717) is 0 Å². The molecule has 0 aromatic rings. The Bertz CT molecular complexity index is 207. The van der Waals surface area contributed by atoms with Gasteiger partial charge in [-0.15, -0.1) is 0 Å². The first-order chi connectivity index (χ1) is 6.90. The van der Waals surface area contributed by atoms with Gasteiger partial charge in [0.05, 0.1) is 5.71 Å². The molecule has 1 aliphatic heterocycles. The zero-order valence-electron chi connectivity index (χ0n) is 8.78. The SMILES string of the molecule is O/N=C1\CCN(C2CCCCCC2)C1. The monoisotopic (exact) mass is 196 g/mol. The van der Waals surface area contributed by atoms with E-state index in [1.165, 1.54) is 38.5 Å². The van der Waals surface area contributed by atoms with Crippen molar-refractivity contribution in [3.05, 3.63) is 0 Å².